The van der Waals surface area contributed by atoms with Gasteiger partial charge in [0.25, 0.3) is 0 Å². The molecule has 0 nitrogen and oxygen atoms in total. The van der Waals surface area contributed by atoms with Crippen LogP contribution in [0.1, 0.15) is 128 Å². The molecule has 2 aromatic rings. The predicted octanol–water partition coefficient (Wildman–Crippen LogP) is 11.8. The van der Waals surface area contributed by atoms with Crippen molar-refractivity contribution in [1.82, 2.24) is 0 Å². The van der Waals surface area contributed by atoms with Gasteiger partial charge >= 0.3 is 0 Å². The van der Waals surface area contributed by atoms with Gasteiger partial charge in [0.2, 0.25) is 0 Å². The smallest absolute Gasteiger partial charge is 0.0352 e. The van der Waals surface area contributed by atoms with Crippen LogP contribution in [0.5, 0.6) is 0 Å². The fraction of sp³-hybridized carbons (Fsp3) is 0.512. The highest BCUT2D eigenvalue weighted by atomic mass is 79.9. The van der Waals surface area contributed by atoms with Gasteiger partial charge in [-0.15, -0.1) is 0 Å². The molecule has 0 fully saturated rings. The summed E-state index contributed by atoms with van der Waals surface area (Å²) in [6, 6.07) is 12.6. The van der Waals surface area contributed by atoms with E-state index in [4.69, 9.17) is 0 Å². The fourth-order valence-electron chi connectivity index (χ4n) is 8.25. The van der Waals surface area contributed by atoms with E-state index < -0.39 is 0 Å². The first-order valence-corrected chi connectivity index (χ1v) is 16.9. The molecule has 0 amide bonds. The zero-order chi connectivity index (χ0) is 30.8. The van der Waals surface area contributed by atoms with Crippen molar-refractivity contribution in [3.05, 3.63) is 116 Å². The summed E-state index contributed by atoms with van der Waals surface area (Å²) >= 11 is 4.17. The summed E-state index contributed by atoms with van der Waals surface area (Å²) in [6.07, 6.45) is 15.4. The van der Waals surface area contributed by atoms with Crippen LogP contribution in [-0.4, -0.2) is 0 Å². The number of benzene rings is 2. The standard InChI is InChI=1S/C41H51Br/c1-37(2,3)24-13-16-28-29-17-14-25(38(4,5)6)20-32(29)41(31(28)19-24)33-21-26(39(7,8)9)15-18-30(33)36-34(41)22-27(23-35(36)42)40(10,11)12/h13-23,28,30-31,33H,1-12H3. The van der Waals surface area contributed by atoms with E-state index >= 15 is 0 Å². The van der Waals surface area contributed by atoms with Crippen LogP contribution in [0.2, 0.25) is 0 Å². The van der Waals surface area contributed by atoms with Gasteiger partial charge in [0.15, 0.2) is 0 Å². The van der Waals surface area contributed by atoms with Crippen molar-refractivity contribution in [3.63, 3.8) is 0 Å². The lowest BCUT2D eigenvalue weighted by atomic mass is 9.59. The lowest BCUT2D eigenvalue weighted by Gasteiger charge is -2.43. The van der Waals surface area contributed by atoms with Crippen molar-refractivity contribution < 1.29 is 0 Å². The number of fused-ring (bicyclic) bond motifs is 10. The van der Waals surface area contributed by atoms with Gasteiger partial charge in [-0.2, -0.15) is 0 Å². The van der Waals surface area contributed by atoms with Crippen LogP contribution in [0.15, 0.2) is 82.4 Å². The molecule has 222 valence electrons. The lowest BCUT2D eigenvalue weighted by molar-refractivity contribution is 0.302. The molecule has 0 saturated heterocycles. The maximum atomic E-state index is 4.17. The van der Waals surface area contributed by atoms with Crippen LogP contribution in [0.25, 0.3) is 0 Å². The van der Waals surface area contributed by atoms with Gasteiger partial charge in [-0.25, -0.2) is 0 Å². The van der Waals surface area contributed by atoms with Crippen molar-refractivity contribution in [1.29, 1.82) is 0 Å². The second-order valence-electron chi connectivity index (χ2n) is 17.7. The molecule has 4 aliphatic carbocycles. The van der Waals surface area contributed by atoms with Gasteiger partial charge < -0.3 is 0 Å². The molecular formula is C41H51Br. The topological polar surface area (TPSA) is 0 Å². The highest BCUT2D eigenvalue weighted by molar-refractivity contribution is 9.10. The van der Waals surface area contributed by atoms with Crippen LogP contribution < -0.4 is 0 Å². The number of rotatable bonds is 0. The molecule has 2 aromatic carbocycles. The minimum atomic E-state index is -0.145. The maximum absolute atomic E-state index is 4.17. The Bertz CT molecular complexity index is 1580. The Kier molecular flexibility index (Phi) is 6.55. The number of allylic oxidation sites excluding steroid dienone is 8. The largest absolute Gasteiger partial charge is 0.0761 e. The Morgan fingerprint density at radius 1 is 0.571 bits per heavy atom. The summed E-state index contributed by atoms with van der Waals surface area (Å²) in [5.41, 5.74) is 12.1. The van der Waals surface area contributed by atoms with E-state index in [0.29, 0.717) is 23.7 Å². The third kappa shape index (κ3) is 4.35. The van der Waals surface area contributed by atoms with Crippen molar-refractivity contribution in [2.24, 2.45) is 22.7 Å². The number of hydrogen-bond donors (Lipinski definition) is 0. The molecule has 0 heterocycles. The molecule has 42 heavy (non-hydrogen) atoms. The minimum Gasteiger partial charge on any atom is -0.0761 e. The molecule has 5 atom stereocenters. The average Bonchev–Trinajstić information content (AvgIpc) is 3.32. The van der Waals surface area contributed by atoms with E-state index in [9.17, 15) is 0 Å². The van der Waals surface area contributed by atoms with Crippen LogP contribution >= 0.6 is 15.9 Å². The Labute approximate surface area is 264 Å². The van der Waals surface area contributed by atoms with Crippen LogP contribution in [0.3, 0.4) is 0 Å². The summed E-state index contributed by atoms with van der Waals surface area (Å²) in [6.45, 7) is 28.4. The van der Waals surface area contributed by atoms with Crippen molar-refractivity contribution in [2.75, 3.05) is 0 Å². The zero-order valence-corrected chi connectivity index (χ0v) is 29.6. The molecule has 6 rings (SSSR count). The van der Waals surface area contributed by atoms with E-state index in [1.807, 2.05) is 0 Å². The van der Waals surface area contributed by atoms with Gasteiger partial charge in [0.05, 0.1) is 0 Å². The molecule has 1 heteroatoms. The van der Waals surface area contributed by atoms with Crippen LogP contribution in [-0.2, 0) is 16.2 Å². The first-order valence-electron chi connectivity index (χ1n) is 16.1. The predicted molar refractivity (Wildman–Crippen MR) is 185 cm³/mol. The van der Waals surface area contributed by atoms with Gasteiger partial charge in [0.1, 0.15) is 0 Å². The van der Waals surface area contributed by atoms with Crippen LogP contribution in [0.4, 0.5) is 0 Å². The second kappa shape index (κ2) is 9.20. The number of hydrogen-bond acceptors (Lipinski definition) is 0. The van der Waals surface area contributed by atoms with Crippen molar-refractivity contribution >= 4 is 15.9 Å². The molecule has 5 unspecified atom stereocenters. The third-order valence-electron chi connectivity index (χ3n) is 10.7. The summed E-state index contributed by atoms with van der Waals surface area (Å²) < 4.78 is 1.28. The fourth-order valence-corrected chi connectivity index (χ4v) is 8.98. The Morgan fingerprint density at radius 3 is 1.60 bits per heavy atom. The molecule has 0 aromatic heterocycles. The monoisotopic (exact) mass is 622 g/mol. The molecule has 0 radical (unpaired) electrons. The molecule has 0 aliphatic heterocycles. The van der Waals surface area contributed by atoms with E-state index in [-0.39, 0.29) is 27.1 Å². The zero-order valence-electron chi connectivity index (χ0n) is 28.0. The SMILES string of the molecule is CC(C)(C)C1=CC2C(C=C1)c1ccc(C(C)(C)C)cc1C21c2cc(C(C)(C)C)cc(Br)c2C2C=CC(C(C)(C)C)=CC21. The first kappa shape index (κ1) is 29.9. The second-order valence-corrected chi connectivity index (χ2v) is 18.5. The minimum absolute atomic E-state index is 0.0573. The molecule has 1 spiro atoms. The van der Waals surface area contributed by atoms with Gasteiger partial charge in [-0.3, -0.25) is 0 Å². The molecule has 0 saturated carbocycles. The van der Waals surface area contributed by atoms with Crippen molar-refractivity contribution in [2.45, 2.75) is 111 Å². The average molecular weight is 624 g/mol. The van der Waals surface area contributed by atoms with Gasteiger partial charge in [-0.05, 0) is 72.3 Å². The van der Waals surface area contributed by atoms with E-state index in [1.165, 1.54) is 37.9 Å². The van der Waals surface area contributed by atoms with E-state index in [2.05, 4.69) is 166 Å². The lowest BCUT2D eigenvalue weighted by Crippen LogP contribution is -2.40. The summed E-state index contributed by atoms with van der Waals surface area (Å²) in [4.78, 5) is 0. The quantitative estimate of drug-likeness (QED) is 0.274. The highest BCUT2D eigenvalue weighted by Crippen LogP contribution is 2.69. The van der Waals surface area contributed by atoms with E-state index in [1.54, 1.807) is 11.1 Å². The number of halogens is 1. The summed E-state index contributed by atoms with van der Waals surface area (Å²) in [5.74, 6) is 1.44. The van der Waals surface area contributed by atoms with Gasteiger partial charge in [0, 0.05) is 33.6 Å². The molecule has 4 aliphatic rings. The van der Waals surface area contributed by atoms with Gasteiger partial charge in [-0.1, -0.05) is 160 Å². The molecule has 0 bridgehead atoms. The highest BCUT2D eigenvalue weighted by Gasteiger charge is 2.62. The Hall–Kier alpha value is -2.12. The van der Waals surface area contributed by atoms with Crippen molar-refractivity contribution in [3.8, 4) is 0 Å². The molecular weight excluding hydrogens is 572 g/mol. The third-order valence-corrected chi connectivity index (χ3v) is 11.4. The van der Waals surface area contributed by atoms with E-state index in [0.717, 1.165) is 0 Å². The Balaban J connectivity index is 1.77. The molecule has 0 N–H and O–H groups in total. The summed E-state index contributed by atoms with van der Waals surface area (Å²) in [5, 5.41) is 0. The van der Waals surface area contributed by atoms with Crippen LogP contribution in [0, 0.1) is 22.7 Å². The normalized spacial score (nSPS) is 28.3. The Morgan fingerprint density at radius 2 is 1.07 bits per heavy atom. The summed E-state index contributed by atoms with van der Waals surface area (Å²) in [7, 11) is 0. The first-order chi connectivity index (χ1) is 19.3. The maximum Gasteiger partial charge on any atom is 0.0352 e.